The standard InChI is InChI=1S/C13H13ClFN/c14-12-8-10(15)4-5-11(12)13(9-16)6-2-1-3-7-13/h4-5,8H,1-3,6-7H2. The molecule has 0 saturated heterocycles. The zero-order valence-electron chi connectivity index (χ0n) is 8.97. The van der Waals surface area contributed by atoms with Crippen LogP contribution in [0.2, 0.25) is 5.02 Å². The highest BCUT2D eigenvalue weighted by Crippen LogP contribution is 2.41. The Balaban J connectivity index is 2.44. The Morgan fingerprint density at radius 3 is 2.50 bits per heavy atom. The Labute approximate surface area is 99.8 Å². The zero-order chi connectivity index (χ0) is 11.6. The molecule has 2 rings (SSSR count). The van der Waals surface area contributed by atoms with Crippen molar-refractivity contribution < 1.29 is 4.39 Å². The molecule has 0 heterocycles. The van der Waals surface area contributed by atoms with Crippen molar-refractivity contribution in [1.82, 2.24) is 0 Å². The van der Waals surface area contributed by atoms with Crippen LogP contribution < -0.4 is 0 Å². The molecule has 1 aromatic rings. The number of rotatable bonds is 1. The predicted octanol–water partition coefficient (Wildman–Crippen LogP) is 4.20. The van der Waals surface area contributed by atoms with E-state index in [2.05, 4.69) is 6.07 Å². The summed E-state index contributed by atoms with van der Waals surface area (Å²) >= 11 is 6.04. The number of hydrogen-bond donors (Lipinski definition) is 0. The van der Waals surface area contributed by atoms with Crippen LogP contribution in [-0.4, -0.2) is 0 Å². The second-order valence-electron chi connectivity index (χ2n) is 4.38. The molecular formula is C13H13ClFN. The molecule has 1 saturated carbocycles. The number of nitrogens with zero attached hydrogens (tertiary/aromatic N) is 1. The van der Waals surface area contributed by atoms with Gasteiger partial charge in [0.15, 0.2) is 0 Å². The number of hydrogen-bond acceptors (Lipinski definition) is 1. The molecule has 16 heavy (non-hydrogen) atoms. The molecule has 84 valence electrons. The van der Waals surface area contributed by atoms with Crippen LogP contribution in [0.4, 0.5) is 4.39 Å². The van der Waals surface area contributed by atoms with E-state index in [9.17, 15) is 9.65 Å². The molecule has 1 aliphatic rings. The maximum atomic E-state index is 13.0. The molecule has 0 radical (unpaired) electrons. The van der Waals surface area contributed by atoms with Gasteiger partial charge in [0.25, 0.3) is 0 Å². The summed E-state index contributed by atoms with van der Waals surface area (Å²) in [6, 6.07) is 6.73. The molecule has 0 spiro atoms. The van der Waals surface area contributed by atoms with Crippen LogP contribution in [0.15, 0.2) is 18.2 Å². The lowest BCUT2D eigenvalue weighted by Gasteiger charge is -2.31. The minimum Gasteiger partial charge on any atom is -0.207 e. The summed E-state index contributed by atoms with van der Waals surface area (Å²) in [7, 11) is 0. The quantitative estimate of drug-likeness (QED) is 0.718. The van der Waals surface area contributed by atoms with E-state index in [1.165, 1.54) is 18.6 Å². The van der Waals surface area contributed by atoms with Gasteiger partial charge in [-0.25, -0.2) is 4.39 Å². The SMILES string of the molecule is N#CC1(c2ccc(F)cc2Cl)CCCCC1. The van der Waals surface area contributed by atoms with Crippen molar-refractivity contribution in [3.8, 4) is 6.07 Å². The number of halogens is 2. The van der Waals surface area contributed by atoms with Crippen molar-refractivity contribution in [2.45, 2.75) is 37.5 Å². The van der Waals surface area contributed by atoms with Gasteiger partial charge in [-0.3, -0.25) is 0 Å². The molecule has 1 aromatic carbocycles. The topological polar surface area (TPSA) is 23.8 Å². The van der Waals surface area contributed by atoms with Gasteiger partial charge in [0, 0.05) is 5.02 Å². The van der Waals surface area contributed by atoms with Gasteiger partial charge in [0.05, 0.1) is 11.5 Å². The summed E-state index contributed by atoms with van der Waals surface area (Å²) in [4.78, 5) is 0. The van der Waals surface area contributed by atoms with E-state index in [4.69, 9.17) is 11.6 Å². The largest absolute Gasteiger partial charge is 0.207 e. The molecule has 0 aromatic heterocycles. The van der Waals surface area contributed by atoms with Crippen LogP contribution in [0.5, 0.6) is 0 Å². The molecule has 0 amide bonds. The molecular weight excluding hydrogens is 225 g/mol. The minimum atomic E-state index is -0.497. The van der Waals surface area contributed by atoms with E-state index in [0.29, 0.717) is 5.02 Å². The first-order valence-corrected chi connectivity index (χ1v) is 5.92. The molecule has 1 fully saturated rings. The highest BCUT2D eigenvalue weighted by molar-refractivity contribution is 6.31. The Kier molecular flexibility index (Phi) is 3.16. The van der Waals surface area contributed by atoms with E-state index < -0.39 is 5.41 Å². The fourth-order valence-corrected chi connectivity index (χ4v) is 2.82. The van der Waals surface area contributed by atoms with Crippen LogP contribution in [0.1, 0.15) is 37.7 Å². The van der Waals surface area contributed by atoms with Crippen molar-refractivity contribution in [3.05, 3.63) is 34.6 Å². The van der Waals surface area contributed by atoms with Crippen molar-refractivity contribution in [2.24, 2.45) is 0 Å². The highest BCUT2D eigenvalue weighted by atomic mass is 35.5. The molecule has 0 aliphatic heterocycles. The summed E-state index contributed by atoms with van der Waals surface area (Å²) in [6.07, 6.45) is 4.91. The summed E-state index contributed by atoms with van der Waals surface area (Å²) in [5.74, 6) is -0.349. The molecule has 1 nitrogen and oxygen atoms in total. The lowest BCUT2D eigenvalue weighted by Crippen LogP contribution is -2.27. The second-order valence-corrected chi connectivity index (χ2v) is 4.79. The van der Waals surface area contributed by atoms with Crippen LogP contribution in [0.25, 0.3) is 0 Å². The van der Waals surface area contributed by atoms with Crippen molar-refractivity contribution in [2.75, 3.05) is 0 Å². The lowest BCUT2D eigenvalue weighted by molar-refractivity contribution is 0.366. The average molecular weight is 238 g/mol. The van der Waals surface area contributed by atoms with E-state index in [1.54, 1.807) is 6.07 Å². The van der Waals surface area contributed by atoms with Gasteiger partial charge in [-0.1, -0.05) is 36.9 Å². The minimum absolute atomic E-state index is 0.349. The average Bonchev–Trinajstić information content (AvgIpc) is 2.30. The fraction of sp³-hybridized carbons (Fsp3) is 0.462. The highest BCUT2D eigenvalue weighted by Gasteiger charge is 2.35. The van der Waals surface area contributed by atoms with Crippen LogP contribution in [-0.2, 0) is 5.41 Å². The molecule has 3 heteroatoms. The maximum absolute atomic E-state index is 13.0. The van der Waals surface area contributed by atoms with E-state index >= 15 is 0 Å². The molecule has 0 N–H and O–H groups in total. The summed E-state index contributed by atoms with van der Waals surface area (Å²) in [5, 5.41) is 9.76. The lowest BCUT2D eigenvalue weighted by atomic mass is 9.70. The monoisotopic (exact) mass is 237 g/mol. The summed E-state index contributed by atoms with van der Waals surface area (Å²) in [5.41, 5.74) is 0.293. The van der Waals surface area contributed by atoms with Crippen LogP contribution in [0, 0.1) is 17.1 Å². The number of nitriles is 1. The normalized spacial score (nSPS) is 19.1. The van der Waals surface area contributed by atoms with Gasteiger partial charge in [0.1, 0.15) is 5.82 Å². The summed E-state index contributed by atoms with van der Waals surface area (Å²) in [6.45, 7) is 0. The number of benzene rings is 1. The third-order valence-corrected chi connectivity index (χ3v) is 3.68. The van der Waals surface area contributed by atoms with Crippen molar-refractivity contribution >= 4 is 11.6 Å². The fourth-order valence-electron chi connectivity index (χ4n) is 2.47. The summed E-state index contributed by atoms with van der Waals surface area (Å²) < 4.78 is 13.0. The van der Waals surface area contributed by atoms with Crippen molar-refractivity contribution in [3.63, 3.8) is 0 Å². The Hall–Kier alpha value is -1.07. The first-order valence-electron chi connectivity index (χ1n) is 5.55. The zero-order valence-corrected chi connectivity index (χ0v) is 9.73. The molecule has 0 unspecified atom stereocenters. The second kappa shape index (κ2) is 4.43. The Morgan fingerprint density at radius 2 is 1.94 bits per heavy atom. The first kappa shape index (κ1) is 11.4. The predicted molar refractivity (Wildman–Crippen MR) is 61.8 cm³/mol. The van der Waals surface area contributed by atoms with E-state index in [0.717, 1.165) is 31.2 Å². The van der Waals surface area contributed by atoms with Crippen LogP contribution in [0.3, 0.4) is 0 Å². The van der Waals surface area contributed by atoms with E-state index in [-0.39, 0.29) is 5.82 Å². The van der Waals surface area contributed by atoms with Crippen molar-refractivity contribution in [1.29, 1.82) is 5.26 Å². The third-order valence-electron chi connectivity index (χ3n) is 3.37. The first-order chi connectivity index (χ1) is 7.68. The molecule has 0 atom stereocenters. The molecule has 1 aliphatic carbocycles. The smallest absolute Gasteiger partial charge is 0.124 e. The van der Waals surface area contributed by atoms with Gasteiger partial charge < -0.3 is 0 Å². The molecule has 0 bridgehead atoms. The maximum Gasteiger partial charge on any atom is 0.124 e. The van der Waals surface area contributed by atoms with E-state index in [1.807, 2.05) is 0 Å². The van der Waals surface area contributed by atoms with Crippen LogP contribution >= 0.6 is 11.6 Å². The van der Waals surface area contributed by atoms with Gasteiger partial charge >= 0.3 is 0 Å². The van der Waals surface area contributed by atoms with Gasteiger partial charge in [-0.2, -0.15) is 5.26 Å². The Bertz CT molecular complexity index is 430. The third kappa shape index (κ3) is 1.92. The Morgan fingerprint density at radius 1 is 1.25 bits per heavy atom. The van der Waals surface area contributed by atoms with Gasteiger partial charge in [-0.15, -0.1) is 0 Å². The van der Waals surface area contributed by atoms with Gasteiger partial charge in [-0.05, 0) is 30.5 Å². The van der Waals surface area contributed by atoms with Gasteiger partial charge in [0.2, 0.25) is 0 Å².